The van der Waals surface area contributed by atoms with E-state index in [1.807, 2.05) is 49.7 Å². The Morgan fingerprint density at radius 2 is 1.91 bits per heavy atom. The Kier molecular flexibility index (Phi) is 3.95. The van der Waals surface area contributed by atoms with Crippen LogP contribution in [0.2, 0.25) is 0 Å². The Morgan fingerprint density at radius 3 is 2.65 bits per heavy atom. The third-order valence-corrected chi connectivity index (χ3v) is 5.33. The van der Waals surface area contributed by atoms with Gasteiger partial charge in [0, 0.05) is 13.6 Å². The lowest BCUT2D eigenvalue weighted by Crippen LogP contribution is -2.23. The third-order valence-electron chi connectivity index (χ3n) is 3.93. The molecule has 0 bridgehead atoms. The van der Waals surface area contributed by atoms with Crippen molar-refractivity contribution in [1.82, 2.24) is 14.3 Å². The van der Waals surface area contributed by atoms with Gasteiger partial charge < -0.3 is 4.57 Å². The highest BCUT2D eigenvalue weighted by Crippen LogP contribution is 2.17. The number of nitrogens with one attached hydrogen (secondary N) is 1. The molecule has 1 N–H and O–H groups in total. The summed E-state index contributed by atoms with van der Waals surface area (Å²) in [6.45, 7) is 4.05. The number of sulfonamides is 1. The molecule has 0 spiro atoms. The standard InChI is InChI=1S/C17H19N3O2S/c1-12-5-4-6-15(9-12)23(21,22)18-11-14-7-8-17-16(10-14)19-13(2)20(17)3/h4-10,18H,11H2,1-3H3. The van der Waals surface area contributed by atoms with Crippen molar-refractivity contribution in [3.63, 3.8) is 0 Å². The molecule has 0 saturated heterocycles. The quantitative estimate of drug-likeness (QED) is 0.800. The summed E-state index contributed by atoms with van der Waals surface area (Å²) >= 11 is 0. The van der Waals surface area contributed by atoms with Crippen LogP contribution in [-0.2, 0) is 23.6 Å². The van der Waals surface area contributed by atoms with Gasteiger partial charge in [-0.05, 0) is 49.2 Å². The van der Waals surface area contributed by atoms with E-state index < -0.39 is 10.0 Å². The first kappa shape index (κ1) is 15.7. The van der Waals surface area contributed by atoms with Crippen molar-refractivity contribution < 1.29 is 8.42 Å². The molecule has 2 aromatic carbocycles. The highest BCUT2D eigenvalue weighted by atomic mass is 32.2. The number of hydrogen-bond acceptors (Lipinski definition) is 3. The summed E-state index contributed by atoms with van der Waals surface area (Å²) in [7, 11) is -1.55. The molecule has 0 aliphatic carbocycles. The zero-order chi connectivity index (χ0) is 16.6. The first-order chi connectivity index (χ1) is 10.9. The lowest BCUT2D eigenvalue weighted by molar-refractivity contribution is 0.581. The van der Waals surface area contributed by atoms with Gasteiger partial charge in [-0.25, -0.2) is 18.1 Å². The zero-order valence-electron chi connectivity index (χ0n) is 13.4. The Balaban J connectivity index is 1.82. The van der Waals surface area contributed by atoms with E-state index in [4.69, 9.17) is 0 Å². The van der Waals surface area contributed by atoms with E-state index in [9.17, 15) is 8.42 Å². The second-order valence-electron chi connectivity index (χ2n) is 5.68. The maximum atomic E-state index is 12.3. The average molecular weight is 329 g/mol. The number of nitrogens with zero attached hydrogens (tertiary/aromatic N) is 2. The van der Waals surface area contributed by atoms with Crippen LogP contribution >= 0.6 is 0 Å². The SMILES string of the molecule is Cc1cccc(S(=O)(=O)NCc2ccc3c(c2)nc(C)n3C)c1. The minimum absolute atomic E-state index is 0.238. The number of aryl methyl sites for hydroxylation is 3. The van der Waals surface area contributed by atoms with Crippen molar-refractivity contribution in [1.29, 1.82) is 0 Å². The summed E-state index contributed by atoms with van der Waals surface area (Å²) < 4.78 is 29.3. The number of imidazole rings is 1. The van der Waals surface area contributed by atoms with Crippen LogP contribution in [0.3, 0.4) is 0 Å². The summed E-state index contributed by atoms with van der Waals surface area (Å²) in [5.41, 5.74) is 3.70. The normalized spacial score (nSPS) is 12.0. The monoisotopic (exact) mass is 329 g/mol. The lowest BCUT2D eigenvalue weighted by Gasteiger charge is -2.08. The van der Waals surface area contributed by atoms with E-state index in [1.165, 1.54) is 0 Å². The molecule has 3 aromatic rings. The van der Waals surface area contributed by atoms with Crippen LogP contribution in [0.1, 0.15) is 17.0 Å². The van der Waals surface area contributed by atoms with Crippen LogP contribution in [0, 0.1) is 13.8 Å². The highest BCUT2D eigenvalue weighted by Gasteiger charge is 2.14. The number of fused-ring (bicyclic) bond motifs is 1. The minimum Gasteiger partial charge on any atom is -0.331 e. The van der Waals surface area contributed by atoms with E-state index in [1.54, 1.807) is 18.2 Å². The molecule has 0 unspecified atom stereocenters. The molecule has 0 radical (unpaired) electrons. The van der Waals surface area contributed by atoms with Crippen molar-refractivity contribution >= 4 is 21.1 Å². The highest BCUT2D eigenvalue weighted by molar-refractivity contribution is 7.89. The van der Waals surface area contributed by atoms with Crippen LogP contribution in [0.25, 0.3) is 11.0 Å². The first-order valence-corrected chi connectivity index (χ1v) is 8.83. The van der Waals surface area contributed by atoms with Crippen molar-refractivity contribution in [3.05, 3.63) is 59.4 Å². The summed E-state index contributed by atoms with van der Waals surface area (Å²) in [5, 5.41) is 0. The summed E-state index contributed by atoms with van der Waals surface area (Å²) in [6.07, 6.45) is 0. The van der Waals surface area contributed by atoms with Gasteiger partial charge >= 0.3 is 0 Å². The van der Waals surface area contributed by atoms with Gasteiger partial charge in [-0.3, -0.25) is 0 Å². The molecule has 1 aromatic heterocycles. The average Bonchev–Trinajstić information content (AvgIpc) is 2.80. The van der Waals surface area contributed by atoms with Crippen LogP contribution in [0.15, 0.2) is 47.4 Å². The Morgan fingerprint density at radius 1 is 1.13 bits per heavy atom. The van der Waals surface area contributed by atoms with Gasteiger partial charge in [0.1, 0.15) is 5.82 Å². The third kappa shape index (κ3) is 3.13. The molecule has 120 valence electrons. The fraction of sp³-hybridized carbons (Fsp3) is 0.235. The Bertz CT molecular complexity index is 975. The van der Waals surface area contributed by atoms with Crippen LogP contribution in [0.4, 0.5) is 0 Å². The Hall–Kier alpha value is -2.18. The fourth-order valence-corrected chi connectivity index (χ4v) is 3.64. The van der Waals surface area contributed by atoms with Gasteiger partial charge in [-0.2, -0.15) is 0 Å². The lowest BCUT2D eigenvalue weighted by atomic mass is 10.2. The molecule has 0 amide bonds. The van der Waals surface area contributed by atoms with Gasteiger partial charge in [0.05, 0.1) is 15.9 Å². The molecule has 0 fully saturated rings. The van der Waals surface area contributed by atoms with Crippen molar-refractivity contribution in [2.45, 2.75) is 25.3 Å². The van der Waals surface area contributed by atoms with Gasteiger partial charge in [0.2, 0.25) is 10.0 Å². The van der Waals surface area contributed by atoms with Crippen LogP contribution < -0.4 is 4.72 Å². The van der Waals surface area contributed by atoms with E-state index >= 15 is 0 Å². The van der Waals surface area contributed by atoms with E-state index in [2.05, 4.69) is 9.71 Å². The first-order valence-electron chi connectivity index (χ1n) is 7.35. The zero-order valence-corrected chi connectivity index (χ0v) is 14.2. The topological polar surface area (TPSA) is 64.0 Å². The molecule has 1 heterocycles. The van der Waals surface area contributed by atoms with Gasteiger partial charge in [0.15, 0.2) is 0 Å². The second kappa shape index (κ2) is 5.79. The summed E-state index contributed by atoms with van der Waals surface area (Å²) in [6, 6.07) is 12.7. The number of aromatic nitrogens is 2. The number of rotatable bonds is 4. The maximum Gasteiger partial charge on any atom is 0.240 e. The Labute approximate surface area is 136 Å². The molecule has 0 aliphatic rings. The van der Waals surface area contributed by atoms with Crippen molar-refractivity contribution in [2.24, 2.45) is 7.05 Å². The number of hydrogen-bond donors (Lipinski definition) is 1. The molecule has 0 saturated carbocycles. The van der Waals surface area contributed by atoms with Crippen LogP contribution in [0.5, 0.6) is 0 Å². The number of benzene rings is 2. The van der Waals surface area contributed by atoms with Gasteiger partial charge in [-0.15, -0.1) is 0 Å². The summed E-state index contributed by atoms with van der Waals surface area (Å²) in [4.78, 5) is 4.76. The molecule has 0 atom stereocenters. The predicted molar refractivity (Wildman–Crippen MR) is 90.7 cm³/mol. The molecular weight excluding hydrogens is 310 g/mol. The van der Waals surface area contributed by atoms with E-state index in [0.717, 1.165) is 28.0 Å². The molecule has 23 heavy (non-hydrogen) atoms. The minimum atomic E-state index is -3.51. The largest absolute Gasteiger partial charge is 0.331 e. The fourth-order valence-electron chi connectivity index (χ4n) is 2.52. The maximum absolute atomic E-state index is 12.3. The molecule has 0 aliphatic heterocycles. The second-order valence-corrected chi connectivity index (χ2v) is 7.45. The van der Waals surface area contributed by atoms with E-state index in [0.29, 0.717) is 0 Å². The van der Waals surface area contributed by atoms with Gasteiger partial charge in [0.25, 0.3) is 0 Å². The smallest absolute Gasteiger partial charge is 0.240 e. The van der Waals surface area contributed by atoms with E-state index in [-0.39, 0.29) is 11.4 Å². The summed E-state index contributed by atoms with van der Waals surface area (Å²) in [5.74, 6) is 0.928. The predicted octanol–water partition coefficient (Wildman–Crippen LogP) is 2.67. The molecular formula is C17H19N3O2S. The van der Waals surface area contributed by atoms with Crippen molar-refractivity contribution in [3.8, 4) is 0 Å². The van der Waals surface area contributed by atoms with Crippen LogP contribution in [-0.4, -0.2) is 18.0 Å². The molecule has 3 rings (SSSR count). The molecule has 5 nitrogen and oxygen atoms in total. The van der Waals surface area contributed by atoms with Crippen molar-refractivity contribution in [2.75, 3.05) is 0 Å². The molecule has 6 heteroatoms. The van der Waals surface area contributed by atoms with Gasteiger partial charge in [-0.1, -0.05) is 18.2 Å².